The number of nitrogens with zero attached hydrogens (tertiary/aromatic N) is 2. The van der Waals surface area contributed by atoms with E-state index < -0.39 is 12.1 Å². The Morgan fingerprint density at radius 2 is 0.775 bits per heavy atom. The zero-order chi connectivity index (χ0) is 28.6. The molecule has 0 aliphatic carbocycles. The molecule has 0 heterocycles. The molecule has 0 spiro atoms. The number of hydrogen-bond donors (Lipinski definition) is 2. The van der Waals surface area contributed by atoms with Gasteiger partial charge in [-0.2, -0.15) is 0 Å². The maximum atomic E-state index is 13.4. The van der Waals surface area contributed by atoms with Gasteiger partial charge >= 0.3 is 12.1 Å². The van der Waals surface area contributed by atoms with E-state index in [1.807, 2.05) is 0 Å². The molecule has 0 aromatic heterocycles. The number of amides is 4. The lowest BCUT2D eigenvalue weighted by molar-refractivity contribution is 0.249. The Morgan fingerprint density at radius 3 is 1.02 bits per heavy atom. The van der Waals surface area contributed by atoms with Crippen LogP contribution in [0.15, 0.2) is 109 Å². The van der Waals surface area contributed by atoms with Gasteiger partial charge in [-0.15, -0.1) is 0 Å². The van der Waals surface area contributed by atoms with E-state index in [0.717, 1.165) is 0 Å². The van der Waals surface area contributed by atoms with Crippen molar-refractivity contribution in [2.45, 2.75) is 0 Å². The van der Waals surface area contributed by atoms with Crippen LogP contribution in [0.1, 0.15) is 0 Å². The Bertz CT molecular complexity index is 1340. The minimum Gasteiger partial charge on any atom is -0.334 e. The second kappa shape index (κ2) is 13.6. The summed E-state index contributed by atoms with van der Waals surface area (Å²) in [5.74, 6) is 0. The van der Waals surface area contributed by atoms with Crippen molar-refractivity contribution in [3.8, 4) is 0 Å². The van der Waals surface area contributed by atoms with Gasteiger partial charge in [0.15, 0.2) is 0 Å². The van der Waals surface area contributed by atoms with Crippen molar-refractivity contribution in [3.05, 3.63) is 129 Å². The second-order valence-electron chi connectivity index (χ2n) is 8.54. The van der Waals surface area contributed by atoms with Gasteiger partial charge < -0.3 is 10.6 Å². The van der Waals surface area contributed by atoms with Crippen molar-refractivity contribution >= 4 is 81.2 Å². The van der Waals surface area contributed by atoms with Gasteiger partial charge in [0.05, 0.1) is 42.8 Å². The van der Waals surface area contributed by atoms with Crippen LogP contribution in [0, 0.1) is 0 Å². The van der Waals surface area contributed by atoms with E-state index >= 15 is 0 Å². The molecule has 0 aliphatic heterocycles. The molecule has 2 N–H and O–H groups in total. The van der Waals surface area contributed by atoms with E-state index in [1.54, 1.807) is 97.1 Å². The maximum Gasteiger partial charge on any atom is 0.326 e. The Morgan fingerprint density at radius 1 is 0.525 bits per heavy atom. The lowest BCUT2D eigenvalue weighted by atomic mass is 10.2. The molecule has 204 valence electrons. The number of carbonyl (C=O) groups is 2. The summed E-state index contributed by atoms with van der Waals surface area (Å²) in [5, 5.41) is 7.17. The number of para-hydroxylation sites is 4. The van der Waals surface area contributed by atoms with Gasteiger partial charge in [0.25, 0.3) is 0 Å². The van der Waals surface area contributed by atoms with Crippen LogP contribution in [0.4, 0.5) is 32.3 Å². The molecule has 0 atom stereocenters. The highest BCUT2D eigenvalue weighted by molar-refractivity contribution is 6.37. The molecule has 4 aromatic rings. The largest absolute Gasteiger partial charge is 0.334 e. The zero-order valence-electron chi connectivity index (χ0n) is 21.1. The molecule has 0 bridgehead atoms. The van der Waals surface area contributed by atoms with E-state index in [4.69, 9.17) is 46.4 Å². The highest BCUT2D eigenvalue weighted by atomic mass is 35.5. The summed E-state index contributed by atoms with van der Waals surface area (Å²) in [6, 6.07) is 26.9. The molecule has 6 nitrogen and oxygen atoms in total. The van der Waals surface area contributed by atoms with E-state index in [0.29, 0.717) is 48.4 Å². The van der Waals surface area contributed by atoms with Gasteiger partial charge in [0, 0.05) is 13.1 Å². The lowest BCUT2D eigenvalue weighted by Crippen LogP contribution is -2.41. The van der Waals surface area contributed by atoms with E-state index in [1.165, 1.54) is 9.80 Å². The lowest BCUT2D eigenvalue weighted by Gasteiger charge is -2.26. The first-order valence-corrected chi connectivity index (χ1v) is 13.6. The van der Waals surface area contributed by atoms with E-state index in [2.05, 4.69) is 17.2 Å². The molecule has 0 fully saturated rings. The van der Waals surface area contributed by atoms with Crippen LogP contribution >= 0.6 is 46.4 Å². The fraction of sp³-hybridized carbons (Fsp3) is 0.0667. The molecule has 0 saturated heterocycles. The van der Waals surface area contributed by atoms with Crippen molar-refractivity contribution in [1.29, 1.82) is 0 Å². The predicted octanol–water partition coefficient (Wildman–Crippen LogP) is 9.25. The first-order chi connectivity index (χ1) is 19.3. The molecule has 4 amide bonds. The molecule has 0 saturated carbocycles. The van der Waals surface area contributed by atoms with Gasteiger partial charge in [-0.25, -0.2) is 9.59 Å². The third-order valence-electron chi connectivity index (χ3n) is 5.76. The van der Waals surface area contributed by atoms with Crippen molar-refractivity contribution < 1.29 is 9.59 Å². The number of anilines is 4. The first-order valence-electron chi connectivity index (χ1n) is 12.1. The van der Waals surface area contributed by atoms with Crippen LogP contribution < -0.4 is 20.4 Å². The summed E-state index contributed by atoms with van der Waals surface area (Å²) >= 11 is 25.6. The minimum atomic E-state index is -0.470. The molecule has 40 heavy (non-hydrogen) atoms. The molecule has 0 aliphatic rings. The van der Waals surface area contributed by atoms with Crippen molar-refractivity contribution in [1.82, 2.24) is 10.6 Å². The molecular weight excluding hydrogens is 590 g/mol. The summed E-state index contributed by atoms with van der Waals surface area (Å²) in [6.45, 7) is 4.15. The minimum absolute atomic E-state index is 0.0721. The highest BCUT2D eigenvalue weighted by Gasteiger charge is 2.24. The topological polar surface area (TPSA) is 64.7 Å². The Balaban J connectivity index is 1.46. The van der Waals surface area contributed by atoms with Crippen molar-refractivity contribution in [2.24, 2.45) is 0 Å². The smallest absolute Gasteiger partial charge is 0.326 e. The standard InChI is InChI=1S/C30H24Cl4N4O2/c1-20(18-35-29(39)37(25-14-6-2-10-21(25)31)26-15-7-3-11-22(26)32)19-36-30(40)38(27-16-8-4-12-23(27)33)28-17-9-5-13-24(28)34/h2-17H,1,18-19H2,(H,35,39)(H,36,40). The zero-order valence-corrected chi connectivity index (χ0v) is 24.1. The maximum absolute atomic E-state index is 13.4. The summed E-state index contributed by atoms with van der Waals surface area (Å²) in [7, 11) is 0. The number of benzene rings is 4. The predicted molar refractivity (Wildman–Crippen MR) is 166 cm³/mol. The Hall–Kier alpha value is -3.68. The normalized spacial score (nSPS) is 10.5. The third kappa shape index (κ3) is 6.90. The summed E-state index contributed by atoms with van der Waals surface area (Å²) in [4.78, 5) is 29.5. The summed E-state index contributed by atoms with van der Waals surface area (Å²) in [5.41, 5.74) is 2.39. The molecule has 0 unspecified atom stereocenters. The number of nitrogens with one attached hydrogen (secondary N) is 2. The number of halogens is 4. The monoisotopic (exact) mass is 612 g/mol. The van der Waals surface area contributed by atoms with Crippen LogP contribution in [0.5, 0.6) is 0 Å². The number of rotatable bonds is 8. The van der Waals surface area contributed by atoms with E-state index in [-0.39, 0.29) is 13.1 Å². The number of urea groups is 2. The molecule has 4 aromatic carbocycles. The van der Waals surface area contributed by atoms with Crippen molar-refractivity contribution in [2.75, 3.05) is 22.9 Å². The van der Waals surface area contributed by atoms with Crippen LogP contribution in [-0.4, -0.2) is 25.2 Å². The average molecular weight is 614 g/mol. The van der Waals surface area contributed by atoms with Gasteiger partial charge in [-0.1, -0.05) is 102 Å². The molecular formula is C30H24Cl4N4O2. The van der Waals surface area contributed by atoms with Crippen molar-refractivity contribution in [3.63, 3.8) is 0 Å². The van der Waals surface area contributed by atoms with Crippen LogP contribution in [0.25, 0.3) is 0 Å². The fourth-order valence-electron chi connectivity index (χ4n) is 3.85. The summed E-state index contributed by atoms with van der Waals surface area (Å²) in [6.07, 6.45) is 0. The molecule has 0 radical (unpaired) electrons. The number of carbonyl (C=O) groups excluding carboxylic acids is 2. The van der Waals surface area contributed by atoms with Crippen LogP contribution in [0.3, 0.4) is 0 Å². The molecule has 4 rings (SSSR count). The van der Waals surface area contributed by atoms with E-state index in [9.17, 15) is 9.59 Å². The average Bonchev–Trinajstić information content (AvgIpc) is 2.95. The SMILES string of the molecule is C=C(CNC(=O)N(c1ccccc1Cl)c1ccccc1Cl)CNC(=O)N(c1ccccc1Cl)c1ccccc1Cl. The van der Waals surface area contributed by atoms with Gasteiger partial charge in [0.2, 0.25) is 0 Å². The Kier molecular flexibility index (Phi) is 9.96. The quantitative estimate of drug-likeness (QED) is 0.194. The van der Waals surface area contributed by atoms with Crippen LogP contribution in [-0.2, 0) is 0 Å². The molecule has 10 heteroatoms. The number of hydrogen-bond acceptors (Lipinski definition) is 2. The van der Waals surface area contributed by atoms with Gasteiger partial charge in [-0.3, -0.25) is 9.80 Å². The fourth-order valence-corrected chi connectivity index (χ4v) is 4.73. The third-order valence-corrected chi connectivity index (χ3v) is 7.04. The Labute approximate surface area is 252 Å². The highest BCUT2D eigenvalue weighted by Crippen LogP contribution is 2.37. The first kappa shape index (κ1) is 29.3. The van der Waals surface area contributed by atoms with Gasteiger partial charge in [-0.05, 0) is 54.1 Å². The van der Waals surface area contributed by atoms with Gasteiger partial charge in [0.1, 0.15) is 0 Å². The summed E-state index contributed by atoms with van der Waals surface area (Å²) < 4.78 is 0. The second-order valence-corrected chi connectivity index (χ2v) is 10.2. The van der Waals surface area contributed by atoms with Crippen LogP contribution in [0.2, 0.25) is 20.1 Å².